The Morgan fingerprint density at radius 1 is 1.09 bits per heavy atom. The number of nitro groups is 1. The smallest absolute Gasteiger partial charge is 0.332 e. The third-order valence-corrected chi connectivity index (χ3v) is 6.40. The Morgan fingerprint density at radius 2 is 1.74 bits per heavy atom. The number of carbonyl (C=O) groups excluding carboxylic acids is 1. The predicted molar refractivity (Wildman–Crippen MR) is 119 cm³/mol. The van der Waals surface area contributed by atoms with Gasteiger partial charge < -0.3 is 4.90 Å². The van der Waals surface area contributed by atoms with E-state index in [0.29, 0.717) is 12.0 Å². The van der Waals surface area contributed by atoms with Crippen LogP contribution in [0, 0.1) is 24.0 Å². The molecule has 1 aromatic carbocycles. The number of fused-ring (bicyclic) bond motifs is 3. The van der Waals surface area contributed by atoms with Crippen molar-refractivity contribution in [1.82, 2.24) is 4.90 Å². The van der Waals surface area contributed by atoms with E-state index in [2.05, 4.69) is 0 Å². The molecule has 0 N–H and O–H groups in total. The van der Waals surface area contributed by atoms with E-state index >= 15 is 0 Å². The number of hydrogen-bond donors (Lipinski definition) is 0. The first-order chi connectivity index (χ1) is 15.7. The van der Waals surface area contributed by atoms with Gasteiger partial charge in [0.05, 0.1) is 16.2 Å². The number of allylic oxidation sites excluding steroid dienone is 7. The molecule has 0 spiro atoms. The summed E-state index contributed by atoms with van der Waals surface area (Å²) in [5, 5.41) is 11.3. The standard InChI is InChI=1S/C25H22F4N2O3/c1-13-7-15-12-24(3,4)30-20(18(15)8-14(13)2)9-16(25(28,29)23(26)27)10-21(30)19-11-17(31(33)34)5-6-22(19)32/h5-11,23H,12H2,1-4H3/b21-19+. The van der Waals surface area contributed by atoms with Crippen molar-refractivity contribution in [1.29, 1.82) is 0 Å². The van der Waals surface area contributed by atoms with Gasteiger partial charge in [-0.05, 0) is 75.1 Å². The number of halogens is 4. The molecule has 2 heterocycles. The quantitative estimate of drug-likeness (QED) is 0.245. The van der Waals surface area contributed by atoms with Gasteiger partial charge in [0, 0.05) is 34.5 Å². The molecule has 0 saturated carbocycles. The lowest BCUT2D eigenvalue weighted by Crippen LogP contribution is -2.49. The number of ketones is 1. The highest BCUT2D eigenvalue weighted by Gasteiger charge is 2.48. The molecule has 9 heteroatoms. The lowest BCUT2D eigenvalue weighted by atomic mass is 9.78. The molecule has 0 bridgehead atoms. The molecule has 1 aliphatic carbocycles. The van der Waals surface area contributed by atoms with E-state index < -0.39 is 39.9 Å². The van der Waals surface area contributed by atoms with E-state index in [1.807, 2.05) is 39.8 Å². The Morgan fingerprint density at radius 3 is 2.35 bits per heavy atom. The van der Waals surface area contributed by atoms with Gasteiger partial charge in [0.15, 0.2) is 5.78 Å². The molecule has 0 saturated heterocycles. The molecule has 2 aliphatic heterocycles. The summed E-state index contributed by atoms with van der Waals surface area (Å²) in [6, 6.07) is 3.76. The first-order valence-corrected chi connectivity index (χ1v) is 10.6. The number of benzene rings is 1. The fraction of sp³-hybridized carbons (Fsp3) is 0.320. The highest BCUT2D eigenvalue weighted by molar-refractivity contribution is 6.08. The van der Waals surface area contributed by atoms with Crippen molar-refractivity contribution in [3.8, 4) is 0 Å². The highest BCUT2D eigenvalue weighted by Crippen LogP contribution is 2.48. The zero-order valence-corrected chi connectivity index (χ0v) is 19.0. The number of alkyl halides is 4. The molecule has 0 amide bonds. The Bertz CT molecular complexity index is 1280. The molecule has 34 heavy (non-hydrogen) atoms. The average Bonchev–Trinajstić information content (AvgIpc) is 2.74. The van der Waals surface area contributed by atoms with Gasteiger partial charge in [-0.2, -0.15) is 8.78 Å². The second-order valence-electron chi connectivity index (χ2n) is 9.29. The minimum atomic E-state index is -4.49. The van der Waals surface area contributed by atoms with Gasteiger partial charge in [0.2, 0.25) is 0 Å². The summed E-state index contributed by atoms with van der Waals surface area (Å²) in [6.07, 6.45) is 1.39. The van der Waals surface area contributed by atoms with E-state index in [4.69, 9.17) is 0 Å². The molecular weight excluding hydrogens is 452 g/mol. The number of aryl methyl sites for hydroxylation is 2. The zero-order chi connectivity index (χ0) is 25.2. The van der Waals surface area contributed by atoms with E-state index in [0.717, 1.165) is 47.1 Å². The Labute approximate surface area is 193 Å². The molecule has 0 aromatic heterocycles. The van der Waals surface area contributed by atoms with Crippen LogP contribution in [0.5, 0.6) is 0 Å². The minimum Gasteiger partial charge on any atom is -0.334 e. The molecule has 5 nitrogen and oxygen atoms in total. The van der Waals surface area contributed by atoms with Gasteiger partial charge in [-0.15, -0.1) is 0 Å². The van der Waals surface area contributed by atoms with E-state index in [1.54, 1.807) is 4.90 Å². The van der Waals surface area contributed by atoms with E-state index in [-0.39, 0.29) is 17.0 Å². The molecule has 178 valence electrons. The van der Waals surface area contributed by atoms with Gasteiger partial charge >= 0.3 is 12.3 Å². The predicted octanol–water partition coefficient (Wildman–Crippen LogP) is 5.68. The first kappa shape index (κ1) is 23.7. The number of rotatable bonds is 3. The minimum absolute atomic E-state index is 0.0737. The van der Waals surface area contributed by atoms with Crippen LogP contribution in [0.2, 0.25) is 0 Å². The maximum absolute atomic E-state index is 14.6. The second kappa shape index (κ2) is 7.78. The molecule has 3 aliphatic rings. The summed E-state index contributed by atoms with van der Waals surface area (Å²) < 4.78 is 56.0. The van der Waals surface area contributed by atoms with Crippen molar-refractivity contribution in [2.24, 2.45) is 0 Å². The van der Waals surface area contributed by atoms with E-state index in [9.17, 15) is 32.5 Å². The van der Waals surface area contributed by atoms with Crippen LogP contribution in [-0.2, 0) is 11.2 Å². The van der Waals surface area contributed by atoms with Crippen LogP contribution in [0.4, 0.5) is 17.6 Å². The number of carbonyl (C=O) groups is 1. The van der Waals surface area contributed by atoms with Crippen molar-refractivity contribution in [2.75, 3.05) is 0 Å². The molecular formula is C25H22F4N2O3. The van der Waals surface area contributed by atoms with Crippen LogP contribution in [0.15, 0.2) is 65.1 Å². The largest absolute Gasteiger partial charge is 0.334 e. The van der Waals surface area contributed by atoms with Crippen LogP contribution < -0.4 is 0 Å². The number of nitrogens with zero attached hydrogens (tertiary/aromatic N) is 2. The molecule has 0 fully saturated rings. The van der Waals surface area contributed by atoms with Gasteiger partial charge in [0.1, 0.15) is 0 Å². The first-order valence-electron chi connectivity index (χ1n) is 10.6. The summed E-state index contributed by atoms with van der Waals surface area (Å²) in [7, 11) is 0. The van der Waals surface area contributed by atoms with Gasteiger partial charge in [-0.25, -0.2) is 8.78 Å². The van der Waals surface area contributed by atoms with Crippen molar-refractivity contribution in [3.63, 3.8) is 0 Å². The lowest BCUT2D eigenvalue weighted by molar-refractivity contribution is -0.419. The van der Waals surface area contributed by atoms with Crippen molar-refractivity contribution >= 4 is 11.5 Å². The summed E-state index contributed by atoms with van der Waals surface area (Å²) >= 11 is 0. The maximum atomic E-state index is 14.6. The van der Waals surface area contributed by atoms with Gasteiger partial charge in [0.25, 0.3) is 5.70 Å². The molecule has 4 rings (SSSR count). The van der Waals surface area contributed by atoms with Gasteiger partial charge in [-0.3, -0.25) is 14.9 Å². The Balaban J connectivity index is 2.08. The summed E-state index contributed by atoms with van der Waals surface area (Å²) in [5.41, 5.74) is 1.18. The molecule has 0 atom stereocenters. The summed E-state index contributed by atoms with van der Waals surface area (Å²) in [5.74, 6) is -5.13. The fourth-order valence-corrected chi connectivity index (χ4v) is 4.60. The third-order valence-electron chi connectivity index (χ3n) is 6.40. The maximum Gasteiger partial charge on any atom is 0.332 e. The van der Waals surface area contributed by atoms with Crippen molar-refractivity contribution < 1.29 is 27.3 Å². The Kier molecular flexibility index (Phi) is 5.42. The van der Waals surface area contributed by atoms with Crippen molar-refractivity contribution in [2.45, 2.75) is 52.0 Å². The van der Waals surface area contributed by atoms with Gasteiger partial charge in [-0.1, -0.05) is 6.07 Å². The molecule has 0 unspecified atom stereocenters. The normalized spacial score (nSPS) is 21.6. The van der Waals surface area contributed by atoms with Crippen LogP contribution in [0.1, 0.15) is 36.1 Å². The van der Waals surface area contributed by atoms with Crippen LogP contribution in [0.3, 0.4) is 0 Å². The van der Waals surface area contributed by atoms with Crippen LogP contribution in [0.25, 0.3) is 5.70 Å². The highest BCUT2D eigenvalue weighted by atomic mass is 19.3. The SMILES string of the molecule is Cc1cc2c(cc1C)C1=CC(C(F)(F)C(F)F)=C/C(=C3/C=C([N+](=O)[O-])C=CC3=O)N1C(C)(C)C2. The topological polar surface area (TPSA) is 63.5 Å². The van der Waals surface area contributed by atoms with E-state index in [1.165, 1.54) is 0 Å². The van der Waals surface area contributed by atoms with Crippen LogP contribution in [-0.4, -0.2) is 33.5 Å². The van der Waals surface area contributed by atoms with Crippen molar-refractivity contribution in [3.05, 3.63) is 97.4 Å². The van der Waals surface area contributed by atoms with Crippen LogP contribution >= 0.6 is 0 Å². The summed E-state index contributed by atoms with van der Waals surface area (Å²) in [6.45, 7) is 7.45. The second-order valence-corrected chi connectivity index (χ2v) is 9.29. The summed E-state index contributed by atoms with van der Waals surface area (Å²) in [4.78, 5) is 25.0. The molecule has 1 aromatic rings. The monoisotopic (exact) mass is 474 g/mol. The fourth-order valence-electron chi connectivity index (χ4n) is 4.60. The number of hydrogen-bond acceptors (Lipinski definition) is 4. The molecule has 0 radical (unpaired) electrons. The Hall–Kier alpha value is -3.49. The zero-order valence-electron chi connectivity index (χ0n) is 19.0. The lowest BCUT2D eigenvalue weighted by Gasteiger charge is -2.49. The third kappa shape index (κ3) is 3.69. The average molecular weight is 474 g/mol.